The van der Waals surface area contributed by atoms with Crippen molar-refractivity contribution in [2.24, 2.45) is 0 Å². The van der Waals surface area contributed by atoms with E-state index in [0.29, 0.717) is 6.54 Å². The Bertz CT molecular complexity index is 427. The maximum Gasteiger partial charge on any atom is 0.422 e. The van der Waals surface area contributed by atoms with Crippen LogP contribution in [0.5, 0.6) is 0 Å². The zero-order valence-electron chi connectivity index (χ0n) is 11.1. The van der Waals surface area contributed by atoms with Crippen molar-refractivity contribution in [1.82, 2.24) is 10.9 Å². The maximum atomic E-state index is 11.4. The molecular formula is C13H19BrN2O2. The van der Waals surface area contributed by atoms with E-state index in [2.05, 4.69) is 26.8 Å². The number of rotatable bonds is 3. The molecule has 0 saturated carbocycles. The molecule has 0 aromatic heterocycles. The molecule has 0 aliphatic heterocycles. The Kier molecular flexibility index (Phi) is 5.16. The summed E-state index contributed by atoms with van der Waals surface area (Å²) in [4.78, 5) is 11.4. The van der Waals surface area contributed by atoms with Crippen LogP contribution in [0.1, 0.15) is 31.9 Å². The lowest BCUT2D eigenvalue weighted by atomic mass is 10.1. The van der Waals surface area contributed by atoms with Crippen LogP contribution in [0.4, 0.5) is 4.79 Å². The third kappa shape index (κ3) is 5.51. The number of benzene rings is 1. The van der Waals surface area contributed by atoms with Crippen molar-refractivity contribution in [3.63, 3.8) is 0 Å². The molecule has 0 atom stereocenters. The number of halogens is 1. The van der Waals surface area contributed by atoms with Crippen LogP contribution in [0.25, 0.3) is 0 Å². The Labute approximate surface area is 116 Å². The Hall–Kier alpha value is -1.07. The number of hydrogen-bond acceptors (Lipinski definition) is 3. The van der Waals surface area contributed by atoms with Gasteiger partial charge in [-0.15, -0.1) is 0 Å². The van der Waals surface area contributed by atoms with Crippen molar-refractivity contribution in [3.05, 3.63) is 33.8 Å². The van der Waals surface area contributed by atoms with E-state index in [-0.39, 0.29) is 0 Å². The first-order chi connectivity index (χ1) is 8.28. The second kappa shape index (κ2) is 6.20. The summed E-state index contributed by atoms with van der Waals surface area (Å²) in [5.41, 5.74) is 7.09. The van der Waals surface area contributed by atoms with Crippen LogP contribution < -0.4 is 10.9 Å². The first kappa shape index (κ1) is 15.0. The predicted octanol–water partition coefficient (Wildman–Crippen LogP) is 3.29. The number of hydrogen-bond donors (Lipinski definition) is 2. The molecule has 0 fully saturated rings. The van der Waals surface area contributed by atoms with Crippen LogP contribution in [0, 0.1) is 6.92 Å². The minimum absolute atomic E-state index is 0.478. The number of ether oxygens (including phenoxy) is 1. The number of carbonyl (C=O) groups excluding carboxylic acids is 1. The molecule has 0 unspecified atom stereocenters. The summed E-state index contributed by atoms with van der Waals surface area (Å²) < 4.78 is 6.15. The molecule has 1 rings (SSSR count). The molecule has 0 radical (unpaired) electrons. The SMILES string of the molecule is Cc1ccc(CNNC(=O)OC(C)(C)C)cc1Br. The molecule has 1 aromatic rings. The van der Waals surface area contributed by atoms with Gasteiger partial charge < -0.3 is 4.74 Å². The second-order valence-corrected chi connectivity index (χ2v) is 5.92. The van der Waals surface area contributed by atoms with Crippen LogP contribution in [0.2, 0.25) is 0 Å². The molecular weight excluding hydrogens is 296 g/mol. The molecule has 1 amide bonds. The van der Waals surface area contributed by atoms with E-state index in [0.717, 1.165) is 10.0 Å². The summed E-state index contributed by atoms with van der Waals surface area (Å²) in [6.07, 6.45) is -0.478. The lowest BCUT2D eigenvalue weighted by molar-refractivity contribution is 0.0497. The number of nitrogens with one attached hydrogen (secondary N) is 2. The van der Waals surface area contributed by atoms with Gasteiger partial charge in [-0.1, -0.05) is 28.1 Å². The predicted molar refractivity (Wildman–Crippen MR) is 75.1 cm³/mol. The molecule has 0 heterocycles. The van der Waals surface area contributed by atoms with Crippen LogP contribution in [0.15, 0.2) is 22.7 Å². The topological polar surface area (TPSA) is 50.4 Å². The maximum absolute atomic E-state index is 11.4. The molecule has 0 saturated heterocycles. The van der Waals surface area contributed by atoms with E-state index in [1.165, 1.54) is 5.56 Å². The fraction of sp³-hybridized carbons (Fsp3) is 0.462. The van der Waals surface area contributed by atoms with Crippen molar-refractivity contribution in [1.29, 1.82) is 0 Å². The van der Waals surface area contributed by atoms with Crippen molar-refractivity contribution < 1.29 is 9.53 Å². The highest BCUT2D eigenvalue weighted by Gasteiger charge is 2.15. The van der Waals surface area contributed by atoms with Crippen LogP contribution >= 0.6 is 15.9 Å². The molecule has 4 nitrogen and oxygen atoms in total. The minimum Gasteiger partial charge on any atom is -0.443 e. The monoisotopic (exact) mass is 314 g/mol. The Balaban J connectivity index is 2.38. The van der Waals surface area contributed by atoms with Gasteiger partial charge in [0, 0.05) is 11.0 Å². The summed E-state index contributed by atoms with van der Waals surface area (Å²) in [6.45, 7) is 8.04. The highest BCUT2D eigenvalue weighted by molar-refractivity contribution is 9.10. The standard InChI is InChI=1S/C13H19BrN2O2/c1-9-5-6-10(7-11(9)14)8-15-16-12(17)18-13(2,3)4/h5-7,15H,8H2,1-4H3,(H,16,17). The molecule has 0 aliphatic rings. The normalized spacial score (nSPS) is 11.2. The van der Waals surface area contributed by atoms with Crippen molar-refractivity contribution in [3.8, 4) is 0 Å². The largest absolute Gasteiger partial charge is 0.443 e. The summed E-state index contributed by atoms with van der Waals surface area (Å²) >= 11 is 3.47. The van der Waals surface area contributed by atoms with Crippen molar-refractivity contribution >= 4 is 22.0 Å². The van der Waals surface area contributed by atoms with E-state index in [9.17, 15) is 4.79 Å². The third-order valence-corrected chi connectivity index (χ3v) is 2.97. The fourth-order valence-corrected chi connectivity index (χ4v) is 1.69. The molecule has 1 aromatic carbocycles. The van der Waals surface area contributed by atoms with Gasteiger partial charge >= 0.3 is 6.09 Å². The molecule has 5 heteroatoms. The summed E-state index contributed by atoms with van der Waals surface area (Å²) in [5.74, 6) is 0. The average molecular weight is 315 g/mol. The number of hydrazine groups is 1. The lowest BCUT2D eigenvalue weighted by Gasteiger charge is -2.19. The zero-order valence-corrected chi connectivity index (χ0v) is 12.7. The number of aryl methyl sites for hydroxylation is 1. The Morgan fingerprint density at radius 2 is 2.06 bits per heavy atom. The molecule has 18 heavy (non-hydrogen) atoms. The lowest BCUT2D eigenvalue weighted by Crippen LogP contribution is -2.40. The van der Waals surface area contributed by atoms with Gasteiger partial charge in [-0.05, 0) is 44.9 Å². The number of amides is 1. The van der Waals surface area contributed by atoms with Gasteiger partial charge in [0.15, 0.2) is 0 Å². The van der Waals surface area contributed by atoms with Gasteiger partial charge in [-0.3, -0.25) is 5.43 Å². The fourth-order valence-electron chi connectivity index (χ4n) is 1.27. The van der Waals surface area contributed by atoms with E-state index in [1.807, 2.05) is 45.9 Å². The van der Waals surface area contributed by atoms with Crippen molar-refractivity contribution in [2.75, 3.05) is 0 Å². The highest BCUT2D eigenvalue weighted by Crippen LogP contribution is 2.17. The Morgan fingerprint density at radius 3 is 2.61 bits per heavy atom. The summed E-state index contributed by atoms with van der Waals surface area (Å²) in [7, 11) is 0. The van der Waals surface area contributed by atoms with E-state index in [4.69, 9.17) is 4.74 Å². The Morgan fingerprint density at radius 1 is 1.39 bits per heavy atom. The van der Waals surface area contributed by atoms with E-state index in [1.54, 1.807) is 0 Å². The van der Waals surface area contributed by atoms with Crippen LogP contribution in [-0.4, -0.2) is 11.7 Å². The minimum atomic E-state index is -0.487. The van der Waals surface area contributed by atoms with Gasteiger partial charge in [0.1, 0.15) is 5.60 Å². The highest BCUT2D eigenvalue weighted by atomic mass is 79.9. The van der Waals surface area contributed by atoms with Gasteiger partial charge in [-0.25, -0.2) is 10.2 Å². The second-order valence-electron chi connectivity index (χ2n) is 5.06. The van der Waals surface area contributed by atoms with Gasteiger partial charge in [0.25, 0.3) is 0 Å². The van der Waals surface area contributed by atoms with Gasteiger partial charge in [0.05, 0.1) is 0 Å². The van der Waals surface area contributed by atoms with E-state index < -0.39 is 11.7 Å². The first-order valence-electron chi connectivity index (χ1n) is 5.75. The average Bonchev–Trinajstić information content (AvgIpc) is 2.20. The number of carbonyl (C=O) groups is 1. The van der Waals surface area contributed by atoms with Crippen LogP contribution in [-0.2, 0) is 11.3 Å². The molecule has 100 valence electrons. The quantitative estimate of drug-likeness (QED) is 0.842. The smallest absolute Gasteiger partial charge is 0.422 e. The molecule has 0 bridgehead atoms. The first-order valence-corrected chi connectivity index (χ1v) is 6.54. The summed E-state index contributed by atoms with van der Waals surface area (Å²) in [5, 5.41) is 0. The third-order valence-electron chi connectivity index (χ3n) is 2.12. The zero-order chi connectivity index (χ0) is 13.8. The van der Waals surface area contributed by atoms with Gasteiger partial charge in [0.2, 0.25) is 0 Å². The van der Waals surface area contributed by atoms with Crippen molar-refractivity contribution in [2.45, 2.75) is 39.8 Å². The summed E-state index contributed by atoms with van der Waals surface area (Å²) in [6, 6.07) is 6.04. The molecule has 0 aliphatic carbocycles. The van der Waals surface area contributed by atoms with Gasteiger partial charge in [-0.2, -0.15) is 0 Å². The van der Waals surface area contributed by atoms with Crippen LogP contribution in [0.3, 0.4) is 0 Å². The molecule has 2 N–H and O–H groups in total. The molecule has 0 spiro atoms. The van der Waals surface area contributed by atoms with E-state index >= 15 is 0 Å².